The van der Waals surface area contributed by atoms with E-state index in [1.165, 1.54) is 26.1 Å². The lowest BCUT2D eigenvalue weighted by atomic mass is 10.0. The SMILES string of the molecule is CCSc1ccc2c(c1)N(c1ccc(C(=O)c3ccccc3)cc1)c1ccccc1S2. The highest BCUT2D eigenvalue weighted by atomic mass is 32.2. The first-order valence-corrected chi connectivity index (χ1v) is 12.1. The second-order valence-electron chi connectivity index (χ2n) is 7.21. The maximum atomic E-state index is 12.8. The van der Waals surface area contributed by atoms with Crippen LogP contribution in [0.25, 0.3) is 0 Å². The average molecular weight is 440 g/mol. The Morgan fingerprint density at radius 2 is 1.45 bits per heavy atom. The van der Waals surface area contributed by atoms with Crippen LogP contribution in [0.15, 0.2) is 112 Å². The Kier molecular flexibility index (Phi) is 5.58. The van der Waals surface area contributed by atoms with Crippen LogP contribution in [0, 0.1) is 0 Å². The van der Waals surface area contributed by atoms with Crippen molar-refractivity contribution in [2.45, 2.75) is 21.6 Å². The summed E-state index contributed by atoms with van der Waals surface area (Å²) in [5.41, 5.74) is 4.81. The molecule has 0 bridgehead atoms. The van der Waals surface area contributed by atoms with E-state index in [0.717, 1.165) is 11.4 Å². The molecule has 1 aliphatic rings. The van der Waals surface area contributed by atoms with Gasteiger partial charge in [-0.15, -0.1) is 11.8 Å². The fourth-order valence-electron chi connectivity index (χ4n) is 3.79. The van der Waals surface area contributed by atoms with E-state index in [4.69, 9.17) is 0 Å². The van der Waals surface area contributed by atoms with Crippen LogP contribution in [0.2, 0.25) is 0 Å². The van der Waals surface area contributed by atoms with Gasteiger partial charge >= 0.3 is 0 Å². The van der Waals surface area contributed by atoms with Gasteiger partial charge in [-0.3, -0.25) is 4.79 Å². The summed E-state index contributed by atoms with van der Waals surface area (Å²) in [6.45, 7) is 2.18. The second-order valence-corrected chi connectivity index (χ2v) is 9.63. The Morgan fingerprint density at radius 3 is 2.23 bits per heavy atom. The standard InChI is InChI=1S/C27H21NOS2/c1-2-30-22-16-17-26-24(18-22)28(23-10-6-7-11-25(23)31-26)21-14-12-20(13-15-21)27(29)19-8-4-3-5-9-19/h3-18H,2H2,1H3. The molecule has 4 aromatic carbocycles. The van der Waals surface area contributed by atoms with E-state index >= 15 is 0 Å². The number of hydrogen-bond acceptors (Lipinski definition) is 4. The van der Waals surface area contributed by atoms with E-state index in [2.05, 4.69) is 54.3 Å². The number of nitrogens with zero attached hydrogens (tertiary/aromatic N) is 1. The van der Waals surface area contributed by atoms with Gasteiger partial charge in [0, 0.05) is 31.5 Å². The number of thioether (sulfide) groups is 1. The Labute approximate surface area is 191 Å². The van der Waals surface area contributed by atoms with Crippen LogP contribution in [0.4, 0.5) is 17.1 Å². The van der Waals surface area contributed by atoms with Gasteiger partial charge in [0.25, 0.3) is 0 Å². The zero-order valence-corrected chi connectivity index (χ0v) is 18.7. The van der Waals surface area contributed by atoms with Gasteiger partial charge < -0.3 is 4.90 Å². The van der Waals surface area contributed by atoms with Gasteiger partial charge in [-0.25, -0.2) is 0 Å². The number of carbonyl (C=O) groups is 1. The maximum Gasteiger partial charge on any atom is 0.193 e. The molecule has 0 saturated heterocycles. The van der Waals surface area contributed by atoms with Crippen LogP contribution >= 0.6 is 23.5 Å². The summed E-state index contributed by atoms with van der Waals surface area (Å²) in [5, 5.41) is 0. The van der Waals surface area contributed by atoms with E-state index in [-0.39, 0.29) is 5.78 Å². The number of ketones is 1. The molecule has 1 heterocycles. The van der Waals surface area contributed by atoms with Crippen molar-refractivity contribution in [2.24, 2.45) is 0 Å². The second kappa shape index (κ2) is 8.66. The summed E-state index contributed by atoms with van der Waals surface area (Å²) in [6, 6.07) is 32.6. The number of rotatable bonds is 5. The topological polar surface area (TPSA) is 20.3 Å². The molecule has 0 spiro atoms. The summed E-state index contributed by atoms with van der Waals surface area (Å²) in [4.78, 5) is 18.9. The maximum absolute atomic E-state index is 12.8. The molecule has 5 rings (SSSR count). The van der Waals surface area contributed by atoms with E-state index in [0.29, 0.717) is 11.1 Å². The smallest absolute Gasteiger partial charge is 0.193 e. The summed E-state index contributed by atoms with van der Waals surface area (Å²) < 4.78 is 0. The van der Waals surface area contributed by atoms with Crippen LogP contribution in [-0.4, -0.2) is 11.5 Å². The van der Waals surface area contributed by atoms with Crippen molar-refractivity contribution in [1.82, 2.24) is 0 Å². The molecule has 4 heteroatoms. The Balaban J connectivity index is 1.56. The molecule has 0 aliphatic carbocycles. The molecule has 1 aliphatic heterocycles. The molecule has 31 heavy (non-hydrogen) atoms. The molecule has 0 atom stereocenters. The third-order valence-electron chi connectivity index (χ3n) is 5.23. The summed E-state index contributed by atoms with van der Waals surface area (Å²) >= 11 is 3.66. The lowest BCUT2D eigenvalue weighted by Gasteiger charge is -2.33. The number of hydrogen-bond donors (Lipinski definition) is 0. The molecular weight excluding hydrogens is 418 g/mol. The van der Waals surface area contributed by atoms with Gasteiger partial charge in [-0.05, 0) is 60.4 Å². The monoisotopic (exact) mass is 439 g/mol. The predicted molar refractivity (Wildman–Crippen MR) is 132 cm³/mol. The number of anilines is 3. The molecule has 0 saturated carbocycles. The van der Waals surface area contributed by atoms with Gasteiger partial charge in [-0.2, -0.15) is 0 Å². The van der Waals surface area contributed by atoms with Crippen molar-refractivity contribution in [1.29, 1.82) is 0 Å². The van der Waals surface area contributed by atoms with E-state index < -0.39 is 0 Å². The lowest BCUT2D eigenvalue weighted by molar-refractivity contribution is 0.103. The van der Waals surface area contributed by atoms with Gasteiger partial charge in [0.1, 0.15) is 0 Å². The van der Waals surface area contributed by atoms with Crippen molar-refractivity contribution >= 4 is 46.4 Å². The van der Waals surface area contributed by atoms with Crippen molar-refractivity contribution in [3.05, 3.63) is 108 Å². The summed E-state index contributed by atoms with van der Waals surface area (Å²) in [5.74, 6) is 1.09. The van der Waals surface area contributed by atoms with Crippen LogP contribution in [0.5, 0.6) is 0 Å². The molecule has 2 nitrogen and oxygen atoms in total. The summed E-state index contributed by atoms with van der Waals surface area (Å²) in [7, 11) is 0. The fraction of sp³-hybridized carbons (Fsp3) is 0.0741. The number of benzene rings is 4. The van der Waals surface area contributed by atoms with Crippen LogP contribution in [-0.2, 0) is 0 Å². The van der Waals surface area contributed by atoms with Crippen molar-refractivity contribution in [3.8, 4) is 0 Å². The summed E-state index contributed by atoms with van der Waals surface area (Å²) in [6.07, 6.45) is 0. The Hall–Kier alpha value is -2.95. The van der Waals surface area contributed by atoms with E-state index in [1.807, 2.05) is 78.1 Å². The quantitative estimate of drug-likeness (QED) is 0.204. The highest BCUT2D eigenvalue weighted by Gasteiger charge is 2.25. The molecule has 4 aromatic rings. The first-order chi connectivity index (χ1) is 15.2. The largest absolute Gasteiger partial charge is 0.308 e. The minimum Gasteiger partial charge on any atom is -0.308 e. The van der Waals surface area contributed by atoms with Gasteiger partial charge in [0.2, 0.25) is 0 Å². The molecule has 0 radical (unpaired) electrons. The Morgan fingerprint density at radius 1 is 0.774 bits per heavy atom. The van der Waals surface area contributed by atoms with E-state index in [1.54, 1.807) is 0 Å². The zero-order chi connectivity index (χ0) is 21.2. The van der Waals surface area contributed by atoms with Gasteiger partial charge in [-0.1, -0.05) is 61.2 Å². The normalized spacial score (nSPS) is 12.2. The van der Waals surface area contributed by atoms with Crippen LogP contribution in [0.3, 0.4) is 0 Å². The van der Waals surface area contributed by atoms with E-state index in [9.17, 15) is 4.79 Å². The molecule has 0 aromatic heterocycles. The van der Waals surface area contributed by atoms with Crippen molar-refractivity contribution in [2.75, 3.05) is 10.7 Å². The van der Waals surface area contributed by atoms with Crippen molar-refractivity contribution in [3.63, 3.8) is 0 Å². The average Bonchev–Trinajstić information content (AvgIpc) is 2.83. The lowest BCUT2D eigenvalue weighted by Crippen LogP contribution is -2.15. The van der Waals surface area contributed by atoms with Gasteiger partial charge in [0.15, 0.2) is 5.78 Å². The molecular formula is C27H21NOS2. The molecule has 0 N–H and O–H groups in total. The minimum atomic E-state index is 0.0452. The highest BCUT2D eigenvalue weighted by molar-refractivity contribution is 8.00. The molecule has 152 valence electrons. The number of para-hydroxylation sites is 1. The highest BCUT2D eigenvalue weighted by Crippen LogP contribution is 2.52. The zero-order valence-electron chi connectivity index (χ0n) is 17.1. The van der Waals surface area contributed by atoms with Crippen molar-refractivity contribution < 1.29 is 4.79 Å². The van der Waals surface area contributed by atoms with Crippen LogP contribution in [0.1, 0.15) is 22.8 Å². The number of carbonyl (C=O) groups excluding carboxylic acids is 1. The molecule has 0 amide bonds. The minimum absolute atomic E-state index is 0.0452. The third kappa shape index (κ3) is 3.89. The third-order valence-corrected chi connectivity index (χ3v) is 7.24. The van der Waals surface area contributed by atoms with Gasteiger partial charge in [0.05, 0.1) is 11.4 Å². The number of fused-ring (bicyclic) bond motifs is 2. The molecule has 0 fully saturated rings. The molecule has 0 unspecified atom stereocenters. The first-order valence-electron chi connectivity index (χ1n) is 10.3. The van der Waals surface area contributed by atoms with Crippen LogP contribution < -0.4 is 4.90 Å². The Bertz CT molecular complexity index is 1240. The fourth-order valence-corrected chi connectivity index (χ4v) is 5.52. The predicted octanol–water partition coefficient (Wildman–Crippen LogP) is 7.96. The first kappa shape index (κ1) is 20.0.